The Morgan fingerprint density at radius 3 is 2.29 bits per heavy atom. The number of carboxylic acid groups (broad SMARTS) is 1. The molecule has 3 N–H and O–H groups in total. The smallest absolute Gasteiger partial charge is 0.323 e. The molecule has 0 saturated heterocycles. The molecular formula is C17H13ClN2O2S2. The predicted molar refractivity (Wildman–Crippen MR) is 102 cm³/mol. The van der Waals surface area contributed by atoms with E-state index in [4.69, 9.17) is 17.3 Å². The Kier molecular flexibility index (Phi) is 4.80. The van der Waals surface area contributed by atoms with Gasteiger partial charge in [-0.05, 0) is 29.8 Å². The molecule has 0 spiro atoms. The third-order valence-corrected chi connectivity index (χ3v) is 5.46. The molecule has 0 aliphatic rings. The lowest BCUT2D eigenvalue weighted by Crippen LogP contribution is -2.04. The Hall–Kier alpha value is -2.02. The molecule has 4 nitrogen and oxygen atoms in total. The van der Waals surface area contributed by atoms with Crippen molar-refractivity contribution in [2.24, 2.45) is 0 Å². The lowest BCUT2D eigenvalue weighted by atomic mass is 10.1. The van der Waals surface area contributed by atoms with E-state index in [2.05, 4.69) is 17.6 Å². The molecule has 0 amide bonds. The van der Waals surface area contributed by atoms with Gasteiger partial charge in [-0.2, -0.15) is 12.6 Å². The molecule has 0 bridgehead atoms. The molecule has 0 aliphatic heterocycles. The van der Waals surface area contributed by atoms with E-state index < -0.39 is 11.2 Å². The highest BCUT2D eigenvalue weighted by atomic mass is 35.5. The summed E-state index contributed by atoms with van der Waals surface area (Å²) in [5, 5.41) is 9.30. The van der Waals surface area contributed by atoms with Crippen LogP contribution in [0.5, 0.6) is 0 Å². The maximum atomic E-state index is 11.2. The third kappa shape index (κ3) is 3.40. The van der Waals surface area contributed by atoms with Crippen LogP contribution in [0.15, 0.2) is 48.5 Å². The Balaban J connectivity index is 2.16. The van der Waals surface area contributed by atoms with Crippen molar-refractivity contribution in [1.29, 1.82) is 0 Å². The maximum Gasteiger partial charge on any atom is 0.323 e. The van der Waals surface area contributed by atoms with E-state index in [-0.39, 0.29) is 0 Å². The fourth-order valence-electron chi connectivity index (χ4n) is 2.19. The number of nitrogens with two attached hydrogens (primary N) is 1. The number of carbonyl (C=O) groups is 1. The molecule has 1 aromatic heterocycles. The zero-order chi connectivity index (χ0) is 17.3. The SMILES string of the molecule is Nc1ccc(-c2sc(C(S)C(=O)O)nc2-c2ccc(Cl)cc2)cc1. The standard InChI is InChI=1S/C17H13ClN2O2S2/c18-11-5-1-9(2-6-11)13-15(10-3-7-12(19)8-4-10)24-16(20-13)14(23)17(21)22/h1-8,14,23H,19H2,(H,21,22). The number of benzene rings is 2. The minimum absolute atomic E-state index is 0.433. The molecule has 3 rings (SSSR count). The van der Waals surface area contributed by atoms with Crippen LogP contribution in [0.1, 0.15) is 10.3 Å². The summed E-state index contributed by atoms with van der Waals surface area (Å²) in [6.07, 6.45) is 0. The molecule has 3 aromatic rings. The minimum atomic E-state index is -1.03. The number of nitrogens with zero attached hydrogens (tertiary/aromatic N) is 1. The van der Waals surface area contributed by atoms with Crippen LogP contribution in [0.25, 0.3) is 21.7 Å². The van der Waals surface area contributed by atoms with Crippen molar-refractivity contribution in [3.63, 3.8) is 0 Å². The average molecular weight is 377 g/mol. The van der Waals surface area contributed by atoms with Crippen LogP contribution in [-0.4, -0.2) is 16.1 Å². The lowest BCUT2D eigenvalue weighted by Gasteiger charge is -2.03. The highest BCUT2D eigenvalue weighted by molar-refractivity contribution is 7.81. The Bertz CT molecular complexity index is 814. The van der Waals surface area contributed by atoms with Crippen LogP contribution in [0.4, 0.5) is 5.69 Å². The van der Waals surface area contributed by atoms with Gasteiger partial charge in [0.1, 0.15) is 5.01 Å². The number of anilines is 1. The minimum Gasteiger partial charge on any atom is -0.480 e. The highest BCUT2D eigenvalue weighted by Crippen LogP contribution is 2.40. The maximum absolute atomic E-state index is 11.2. The van der Waals surface area contributed by atoms with E-state index in [1.807, 2.05) is 24.3 Å². The summed E-state index contributed by atoms with van der Waals surface area (Å²) in [5.41, 5.74) is 8.89. The molecule has 0 radical (unpaired) electrons. The number of thiazole rings is 1. The molecule has 0 saturated carbocycles. The van der Waals surface area contributed by atoms with E-state index in [1.54, 1.807) is 24.3 Å². The van der Waals surface area contributed by atoms with Gasteiger partial charge >= 0.3 is 5.97 Å². The monoisotopic (exact) mass is 376 g/mol. The molecule has 1 atom stereocenters. The number of rotatable bonds is 4. The molecule has 122 valence electrons. The summed E-state index contributed by atoms with van der Waals surface area (Å²) in [4.78, 5) is 16.6. The first kappa shape index (κ1) is 16.8. The first-order valence-electron chi connectivity index (χ1n) is 6.99. The van der Waals surface area contributed by atoms with Gasteiger partial charge in [-0.15, -0.1) is 11.3 Å². The first-order chi connectivity index (χ1) is 11.5. The molecular weight excluding hydrogens is 364 g/mol. The number of aromatic nitrogens is 1. The van der Waals surface area contributed by atoms with Crippen LogP contribution in [0.3, 0.4) is 0 Å². The Morgan fingerprint density at radius 1 is 1.12 bits per heavy atom. The second kappa shape index (κ2) is 6.84. The van der Waals surface area contributed by atoms with Crippen LogP contribution in [0, 0.1) is 0 Å². The van der Waals surface area contributed by atoms with Crippen LogP contribution >= 0.6 is 35.6 Å². The number of halogens is 1. The zero-order valence-electron chi connectivity index (χ0n) is 12.3. The predicted octanol–water partition coefficient (Wildman–Crippen LogP) is 4.77. The van der Waals surface area contributed by atoms with E-state index in [1.165, 1.54) is 11.3 Å². The topological polar surface area (TPSA) is 76.2 Å². The van der Waals surface area contributed by atoms with E-state index in [9.17, 15) is 9.90 Å². The lowest BCUT2D eigenvalue weighted by molar-refractivity contribution is -0.136. The van der Waals surface area contributed by atoms with Crippen molar-refractivity contribution in [2.45, 2.75) is 5.25 Å². The van der Waals surface area contributed by atoms with Crippen molar-refractivity contribution < 1.29 is 9.90 Å². The molecule has 0 fully saturated rings. The average Bonchev–Trinajstić information content (AvgIpc) is 3.00. The summed E-state index contributed by atoms with van der Waals surface area (Å²) in [6, 6.07) is 14.6. The van der Waals surface area contributed by atoms with Crippen molar-refractivity contribution in [3.8, 4) is 21.7 Å². The number of carboxylic acids is 1. The summed E-state index contributed by atoms with van der Waals surface area (Å²) < 4.78 is 0. The molecule has 1 unspecified atom stereocenters. The van der Waals surface area contributed by atoms with Gasteiger partial charge in [0.2, 0.25) is 0 Å². The summed E-state index contributed by atoms with van der Waals surface area (Å²) in [5.74, 6) is -1.03. The normalized spacial score (nSPS) is 12.1. The molecule has 7 heteroatoms. The Morgan fingerprint density at radius 2 is 1.71 bits per heavy atom. The fourth-order valence-corrected chi connectivity index (χ4v) is 3.61. The second-order valence-electron chi connectivity index (χ2n) is 5.10. The number of aliphatic carboxylic acids is 1. The molecule has 0 aliphatic carbocycles. The van der Waals surface area contributed by atoms with Gasteiger partial charge in [0.25, 0.3) is 0 Å². The number of hydrogen-bond donors (Lipinski definition) is 3. The summed E-state index contributed by atoms with van der Waals surface area (Å²) >= 11 is 11.4. The van der Waals surface area contributed by atoms with Crippen molar-refractivity contribution in [2.75, 3.05) is 5.73 Å². The number of nitrogen functional groups attached to an aromatic ring is 1. The van der Waals surface area contributed by atoms with E-state index >= 15 is 0 Å². The van der Waals surface area contributed by atoms with Gasteiger partial charge < -0.3 is 10.8 Å². The zero-order valence-corrected chi connectivity index (χ0v) is 14.8. The van der Waals surface area contributed by atoms with E-state index in [0.717, 1.165) is 16.0 Å². The van der Waals surface area contributed by atoms with Gasteiger partial charge in [0.05, 0.1) is 10.6 Å². The Labute approximate surface area is 153 Å². The number of hydrogen-bond acceptors (Lipinski definition) is 5. The van der Waals surface area contributed by atoms with Gasteiger partial charge in [0, 0.05) is 16.3 Å². The third-order valence-electron chi connectivity index (χ3n) is 3.40. The van der Waals surface area contributed by atoms with Crippen molar-refractivity contribution >= 4 is 47.2 Å². The van der Waals surface area contributed by atoms with Crippen LogP contribution < -0.4 is 5.73 Å². The van der Waals surface area contributed by atoms with Crippen molar-refractivity contribution in [1.82, 2.24) is 4.98 Å². The molecule has 1 heterocycles. The number of thiol groups is 1. The van der Waals surface area contributed by atoms with Crippen LogP contribution in [-0.2, 0) is 4.79 Å². The van der Waals surface area contributed by atoms with Crippen molar-refractivity contribution in [3.05, 3.63) is 58.6 Å². The van der Waals surface area contributed by atoms with Gasteiger partial charge in [-0.3, -0.25) is 4.79 Å². The molecule has 24 heavy (non-hydrogen) atoms. The molecule has 2 aromatic carbocycles. The van der Waals surface area contributed by atoms with Gasteiger partial charge in [-0.1, -0.05) is 35.9 Å². The van der Waals surface area contributed by atoms with Gasteiger partial charge in [0.15, 0.2) is 5.25 Å². The quantitative estimate of drug-likeness (QED) is 0.453. The second-order valence-corrected chi connectivity index (χ2v) is 7.08. The van der Waals surface area contributed by atoms with E-state index in [0.29, 0.717) is 21.4 Å². The highest BCUT2D eigenvalue weighted by Gasteiger charge is 2.23. The van der Waals surface area contributed by atoms with Gasteiger partial charge in [-0.25, -0.2) is 4.98 Å². The fraction of sp³-hybridized carbons (Fsp3) is 0.0588. The summed E-state index contributed by atoms with van der Waals surface area (Å²) in [6.45, 7) is 0. The van der Waals surface area contributed by atoms with Crippen LogP contribution in [0.2, 0.25) is 5.02 Å². The summed E-state index contributed by atoms with van der Waals surface area (Å²) in [7, 11) is 0. The largest absolute Gasteiger partial charge is 0.480 e. The first-order valence-corrected chi connectivity index (χ1v) is 8.70.